The predicted molar refractivity (Wildman–Crippen MR) is 126 cm³/mol. The molecule has 3 heteroatoms. The lowest BCUT2D eigenvalue weighted by atomic mass is 9.49. The molecule has 2 saturated carbocycles. The number of hydrogen-bond acceptors (Lipinski definition) is 3. The summed E-state index contributed by atoms with van der Waals surface area (Å²) in [6.45, 7) is 13.8. The fourth-order valence-corrected chi connectivity index (χ4v) is 7.50. The maximum atomic E-state index is 11.5. The zero-order valence-corrected chi connectivity index (χ0v) is 20.4. The Morgan fingerprint density at radius 2 is 1.74 bits per heavy atom. The van der Waals surface area contributed by atoms with Crippen molar-refractivity contribution in [3.8, 4) is 0 Å². The molecule has 4 aliphatic rings. The molecule has 0 bridgehead atoms. The van der Waals surface area contributed by atoms with Gasteiger partial charge < -0.3 is 15.3 Å². The first-order valence-corrected chi connectivity index (χ1v) is 12.6. The molecule has 31 heavy (non-hydrogen) atoms. The van der Waals surface area contributed by atoms with Gasteiger partial charge in [0, 0.05) is 11.8 Å². The summed E-state index contributed by atoms with van der Waals surface area (Å²) in [7, 11) is 0. The van der Waals surface area contributed by atoms with Gasteiger partial charge in [0.15, 0.2) is 0 Å². The van der Waals surface area contributed by atoms with E-state index in [1.165, 1.54) is 17.6 Å². The van der Waals surface area contributed by atoms with Crippen molar-refractivity contribution in [2.24, 2.45) is 40.4 Å². The molecule has 0 aromatic carbocycles. The van der Waals surface area contributed by atoms with Crippen LogP contribution in [0.2, 0.25) is 0 Å². The van der Waals surface area contributed by atoms with Gasteiger partial charge in [-0.25, -0.2) is 0 Å². The molecule has 3 nitrogen and oxygen atoms in total. The Balaban J connectivity index is 1.65. The monoisotopic (exact) mass is 428 g/mol. The largest absolute Gasteiger partial charge is 0.393 e. The van der Waals surface area contributed by atoms with Crippen LogP contribution in [0.15, 0.2) is 35.5 Å². The lowest BCUT2D eigenvalue weighted by Gasteiger charge is -2.58. The first kappa shape index (κ1) is 23.3. The molecule has 0 radical (unpaired) electrons. The molecule has 0 saturated heterocycles. The first-order valence-electron chi connectivity index (χ1n) is 12.6. The van der Waals surface area contributed by atoms with E-state index in [0.29, 0.717) is 36.0 Å². The van der Waals surface area contributed by atoms with Crippen molar-refractivity contribution in [1.29, 1.82) is 0 Å². The normalized spacial score (nSPS) is 46.8. The molecule has 174 valence electrons. The van der Waals surface area contributed by atoms with Gasteiger partial charge in [-0.2, -0.15) is 0 Å². The summed E-state index contributed by atoms with van der Waals surface area (Å²) in [5, 5.41) is 32.9. The van der Waals surface area contributed by atoms with E-state index < -0.39 is 23.2 Å². The summed E-state index contributed by atoms with van der Waals surface area (Å²) in [5.41, 5.74) is 0.994. The van der Waals surface area contributed by atoms with Crippen molar-refractivity contribution in [3.63, 3.8) is 0 Å². The van der Waals surface area contributed by atoms with Gasteiger partial charge in [0.05, 0.1) is 6.10 Å². The lowest BCUT2D eigenvalue weighted by molar-refractivity contribution is -0.173. The van der Waals surface area contributed by atoms with E-state index in [2.05, 4.69) is 59.8 Å². The SMILES string of the molecule is CC(C)[C@@H](C)C=C[C@@H](C)[C@H]1CC[C@H]2C3=C[C@H](O)[C@@]4(O)C[C@@H](O)CC[C@]4(C)C3=CC[C@]12C. The Labute approximate surface area is 189 Å². The highest BCUT2D eigenvalue weighted by Crippen LogP contribution is 2.65. The molecule has 2 fully saturated rings. The number of aliphatic hydroxyl groups excluding tert-OH is 2. The molecule has 0 heterocycles. The number of allylic oxidation sites excluding steroid dienone is 4. The van der Waals surface area contributed by atoms with E-state index in [0.717, 1.165) is 19.3 Å². The fraction of sp³-hybridized carbons (Fsp3) is 0.786. The van der Waals surface area contributed by atoms with Crippen LogP contribution in [-0.2, 0) is 0 Å². The minimum Gasteiger partial charge on any atom is -0.393 e. The standard InChI is InChI=1S/C28H44O3/c1-17(2)18(3)7-8-19(4)22-9-10-23-21-15-25(30)28(31)16-20(29)11-14-27(28,6)24(21)12-13-26(22,23)5/h7-8,12,15,17-20,22-23,25,29-31H,9-11,13-14,16H2,1-6H3/t18-,19+,20-,22+,23-,25-,26+,27+,28-/m0/s1. The van der Waals surface area contributed by atoms with Crippen LogP contribution in [0.4, 0.5) is 0 Å². The van der Waals surface area contributed by atoms with Crippen LogP contribution in [0.5, 0.6) is 0 Å². The zero-order chi connectivity index (χ0) is 22.8. The van der Waals surface area contributed by atoms with E-state index in [-0.39, 0.29) is 11.8 Å². The highest BCUT2D eigenvalue weighted by atomic mass is 16.3. The van der Waals surface area contributed by atoms with Crippen LogP contribution in [0, 0.1) is 40.4 Å². The van der Waals surface area contributed by atoms with Crippen molar-refractivity contribution in [2.45, 2.75) is 97.9 Å². The Kier molecular flexibility index (Phi) is 5.89. The van der Waals surface area contributed by atoms with Gasteiger partial charge in [0.2, 0.25) is 0 Å². The van der Waals surface area contributed by atoms with Crippen LogP contribution in [-0.4, -0.2) is 33.1 Å². The second-order valence-electron chi connectivity index (χ2n) is 12.1. The number of aliphatic hydroxyl groups is 3. The quantitative estimate of drug-likeness (QED) is 0.524. The van der Waals surface area contributed by atoms with Crippen molar-refractivity contribution < 1.29 is 15.3 Å². The van der Waals surface area contributed by atoms with Gasteiger partial charge in [-0.3, -0.25) is 0 Å². The van der Waals surface area contributed by atoms with Gasteiger partial charge in [-0.15, -0.1) is 0 Å². The molecule has 0 spiro atoms. The maximum absolute atomic E-state index is 11.5. The molecule has 0 unspecified atom stereocenters. The molecular weight excluding hydrogens is 384 g/mol. The van der Waals surface area contributed by atoms with E-state index in [4.69, 9.17) is 0 Å². The smallest absolute Gasteiger partial charge is 0.106 e. The van der Waals surface area contributed by atoms with Crippen molar-refractivity contribution in [2.75, 3.05) is 0 Å². The summed E-state index contributed by atoms with van der Waals surface area (Å²) in [5.74, 6) is 2.88. The summed E-state index contributed by atoms with van der Waals surface area (Å²) in [6, 6.07) is 0. The molecule has 0 aromatic rings. The molecule has 4 aliphatic carbocycles. The predicted octanol–water partition coefficient (Wildman–Crippen LogP) is 5.42. The summed E-state index contributed by atoms with van der Waals surface area (Å²) < 4.78 is 0. The minimum absolute atomic E-state index is 0.194. The molecule has 0 aromatic heterocycles. The van der Waals surface area contributed by atoms with Crippen LogP contribution in [0.3, 0.4) is 0 Å². The molecule has 4 rings (SSSR count). The third kappa shape index (κ3) is 3.42. The Morgan fingerprint density at radius 1 is 1.03 bits per heavy atom. The van der Waals surface area contributed by atoms with Gasteiger partial charge >= 0.3 is 0 Å². The average molecular weight is 429 g/mol. The molecule has 9 atom stereocenters. The molecular formula is C28H44O3. The fourth-order valence-electron chi connectivity index (χ4n) is 7.50. The first-order chi connectivity index (χ1) is 14.4. The highest BCUT2D eigenvalue weighted by Gasteiger charge is 2.62. The number of fused-ring (bicyclic) bond motifs is 5. The maximum Gasteiger partial charge on any atom is 0.106 e. The van der Waals surface area contributed by atoms with Crippen LogP contribution >= 0.6 is 0 Å². The van der Waals surface area contributed by atoms with Crippen molar-refractivity contribution in [3.05, 3.63) is 35.5 Å². The molecule has 0 amide bonds. The summed E-state index contributed by atoms with van der Waals surface area (Å²) >= 11 is 0. The van der Waals surface area contributed by atoms with Crippen LogP contribution < -0.4 is 0 Å². The van der Waals surface area contributed by atoms with Gasteiger partial charge in [0.1, 0.15) is 11.7 Å². The third-order valence-corrected chi connectivity index (χ3v) is 10.1. The van der Waals surface area contributed by atoms with Crippen LogP contribution in [0.1, 0.15) is 80.1 Å². The summed E-state index contributed by atoms with van der Waals surface area (Å²) in [6.07, 6.45) is 12.9. The Bertz CT molecular complexity index is 794. The second-order valence-corrected chi connectivity index (χ2v) is 12.1. The van der Waals surface area contributed by atoms with E-state index in [1.807, 2.05) is 6.08 Å². The topological polar surface area (TPSA) is 60.7 Å². The average Bonchev–Trinajstić information content (AvgIpc) is 3.05. The van der Waals surface area contributed by atoms with Crippen molar-refractivity contribution >= 4 is 0 Å². The van der Waals surface area contributed by atoms with Gasteiger partial charge in [0.25, 0.3) is 0 Å². The lowest BCUT2D eigenvalue weighted by Crippen LogP contribution is -2.62. The Morgan fingerprint density at radius 3 is 2.42 bits per heavy atom. The van der Waals surface area contributed by atoms with E-state index >= 15 is 0 Å². The molecule has 0 aliphatic heterocycles. The minimum atomic E-state index is -1.27. The molecule has 3 N–H and O–H groups in total. The van der Waals surface area contributed by atoms with E-state index in [9.17, 15) is 15.3 Å². The summed E-state index contributed by atoms with van der Waals surface area (Å²) in [4.78, 5) is 0. The number of hydrogen-bond donors (Lipinski definition) is 3. The Hall–Kier alpha value is -0.900. The third-order valence-electron chi connectivity index (χ3n) is 10.1. The second kappa shape index (κ2) is 7.85. The van der Waals surface area contributed by atoms with Crippen molar-refractivity contribution in [1.82, 2.24) is 0 Å². The van der Waals surface area contributed by atoms with E-state index in [1.54, 1.807) is 0 Å². The van der Waals surface area contributed by atoms with Crippen LogP contribution in [0.25, 0.3) is 0 Å². The van der Waals surface area contributed by atoms with Gasteiger partial charge in [-0.05, 0) is 84.3 Å². The highest BCUT2D eigenvalue weighted by molar-refractivity contribution is 5.50. The van der Waals surface area contributed by atoms with Gasteiger partial charge in [-0.1, -0.05) is 59.8 Å². The zero-order valence-electron chi connectivity index (χ0n) is 20.4. The number of rotatable bonds is 4.